The molecule has 0 N–H and O–H groups in total. The molecule has 0 aliphatic rings. The number of anilines is 1. The van der Waals surface area contributed by atoms with E-state index in [9.17, 15) is 13.6 Å². The Bertz CT molecular complexity index is 1710. The normalized spacial score (nSPS) is 11.3. The number of hydrogen-bond donors (Lipinski definition) is 0. The molecule has 5 aromatic rings. The van der Waals surface area contributed by atoms with Crippen LogP contribution in [0.3, 0.4) is 0 Å². The van der Waals surface area contributed by atoms with Gasteiger partial charge in [0, 0.05) is 24.7 Å². The largest absolute Gasteiger partial charge is 0.371 e. The minimum Gasteiger partial charge on any atom is -0.371 e. The number of thiophene rings is 1. The third-order valence-electron chi connectivity index (χ3n) is 6.67. The van der Waals surface area contributed by atoms with E-state index in [1.807, 2.05) is 41.8 Å². The third-order valence-corrected chi connectivity index (χ3v) is 8.24. The number of benzene rings is 3. The van der Waals surface area contributed by atoms with Crippen LogP contribution in [0.4, 0.5) is 14.5 Å². The van der Waals surface area contributed by atoms with Crippen molar-refractivity contribution < 1.29 is 8.78 Å². The second kappa shape index (κ2) is 10.9. The van der Waals surface area contributed by atoms with E-state index in [0.717, 1.165) is 40.8 Å². The monoisotopic (exact) mass is 568 g/mol. The van der Waals surface area contributed by atoms with E-state index >= 15 is 0 Å². The summed E-state index contributed by atoms with van der Waals surface area (Å²) in [6, 6.07) is 18.5. The van der Waals surface area contributed by atoms with Crippen LogP contribution in [0.1, 0.15) is 19.4 Å². The Kier molecular flexibility index (Phi) is 7.57. The second-order valence-corrected chi connectivity index (χ2v) is 10.6. The quantitative estimate of drug-likeness (QED) is 0.196. The van der Waals surface area contributed by atoms with Gasteiger partial charge in [-0.2, -0.15) is 0 Å². The molecule has 8 heteroatoms. The molecule has 0 atom stereocenters. The first-order chi connectivity index (χ1) is 18.3. The highest BCUT2D eigenvalue weighted by Crippen LogP contribution is 2.37. The summed E-state index contributed by atoms with van der Waals surface area (Å²) < 4.78 is 29.6. The molecule has 3 nitrogen and oxygen atoms in total. The van der Waals surface area contributed by atoms with Gasteiger partial charge in [-0.15, -0.1) is 11.3 Å². The highest BCUT2D eigenvalue weighted by atomic mass is 35.5. The van der Waals surface area contributed by atoms with Crippen molar-refractivity contribution in [3.8, 4) is 21.7 Å². The third kappa shape index (κ3) is 4.96. The number of fused-ring (bicyclic) bond motifs is 1. The molecule has 2 aromatic heterocycles. The van der Waals surface area contributed by atoms with Crippen molar-refractivity contribution >= 4 is 51.0 Å². The summed E-state index contributed by atoms with van der Waals surface area (Å²) in [5.74, 6) is -1.38. The van der Waals surface area contributed by atoms with Gasteiger partial charge in [0.2, 0.25) is 0 Å². The lowest BCUT2D eigenvalue weighted by Gasteiger charge is -2.22. The number of nitrogens with zero attached hydrogens (tertiary/aromatic N) is 2. The zero-order valence-corrected chi connectivity index (χ0v) is 23.1. The van der Waals surface area contributed by atoms with Crippen LogP contribution in [-0.2, 0) is 6.54 Å². The molecule has 38 heavy (non-hydrogen) atoms. The van der Waals surface area contributed by atoms with E-state index in [4.69, 9.17) is 23.2 Å². The fraction of sp³-hybridized carbons (Fsp3) is 0.167. The van der Waals surface area contributed by atoms with Crippen molar-refractivity contribution in [2.75, 3.05) is 18.0 Å². The predicted molar refractivity (Wildman–Crippen MR) is 156 cm³/mol. The van der Waals surface area contributed by atoms with Crippen LogP contribution in [0, 0.1) is 11.6 Å². The molecule has 2 heterocycles. The number of pyridine rings is 1. The van der Waals surface area contributed by atoms with Crippen molar-refractivity contribution in [1.82, 2.24) is 4.57 Å². The first kappa shape index (κ1) is 26.4. The van der Waals surface area contributed by atoms with Gasteiger partial charge in [0.15, 0.2) is 0 Å². The van der Waals surface area contributed by atoms with Crippen molar-refractivity contribution in [2.45, 2.75) is 20.4 Å². The van der Waals surface area contributed by atoms with Crippen LogP contribution in [-0.4, -0.2) is 17.7 Å². The van der Waals surface area contributed by atoms with E-state index in [-0.39, 0.29) is 17.7 Å². The first-order valence-electron chi connectivity index (χ1n) is 12.2. The molecule has 0 unspecified atom stereocenters. The van der Waals surface area contributed by atoms with Gasteiger partial charge in [-0.05, 0) is 72.1 Å². The lowest BCUT2D eigenvalue weighted by atomic mass is 10.1. The zero-order valence-electron chi connectivity index (χ0n) is 20.8. The Morgan fingerprint density at radius 2 is 1.68 bits per heavy atom. The Balaban J connectivity index is 1.63. The number of aromatic nitrogens is 1. The smallest absolute Gasteiger partial charge is 0.260 e. The van der Waals surface area contributed by atoms with Crippen LogP contribution in [0.2, 0.25) is 10.0 Å². The van der Waals surface area contributed by atoms with Gasteiger partial charge < -0.3 is 9.47 Å². The fourth-order valence-electron chi connectivity index (χ4n) is 4.67. The van der Waals surface area contributed by atoms with Gasteiger partial charge >= 0.3 is 0 Å². The highest BCUT2D eigenvalue weighted by Gasteiger charge is 2.18. The van der Waals surface area contributed by atoms with Crippen LogP contribution >= 0.6 is 34.5 Å². The molecule has 0 fully saturated rings. The molecule has 0 saturated heterocycles. The van der Waals surface area contributed by atoms with Crippen LogP contribution in [0.25, 0.3) is 32.5 Å². The molecule has 0 amide bonds. The Labute approximate surface area is 233 Å². The molecule has 0 spiro atoms. The average molecular weight is 570 g/mol. The molecule has 194 valence electrons. The van der Waals surface area contributed by atoms with Gasteiger partial charge in [0.1, 0.15) is 11.6 Å². The average Bonchev–Trinajstić information content (AvgIpc) is 3.38. The van der Waals surface area contributed by atoms with Crippen molar-refractivity contribution in [3.05, 3.63) is 110 Å². The Hall–Kier alpha value is -3.19. The SMILES string of the molecule is CCN(CC)c1ccc(-c2csc(-c3cc4cccc(Cl)c4c(=O)n3Cc3ccc(F)cc3F)c2)cc1Cl. The standard InChI is InChI=1S/C30H24Cl2F2N2OS/c1-3-35(4-2)26-11-9-18(12-24(26)32)21-14-28(38-17-21)27-13-19-6-5-7-23(31)29(19)30(37)36(27)16-20-8-10-22(33)15-25(20)34/h5-15,17H,3-4,16H2,1-2H3. The Morgan fingerprint density at radius 3 is 2.39 bits per heavy atom. The summed E-state index contributed by atoms with van der Waals surface area (Å²) in [6.45, 7) is 5.83. The molecule has 0 saturated carbocycles. The molecule has 0 aliphatic heterocycles. The first-order valence-corrected chi connectivity index (χ1v) is 13.8. The van der Waals surface area contributed by atoms with Gasteiger partial charge in [-0.3, -0.25) is 4.79 Å². The minimum absolute atomic E-state index is 0.0704. The fourth-order valence-corrected chi connectivity index (χ4v) is 6.17. The second-order valence-electron chi connectivity index (χ2n) is 8.90. The molecular formula is C30H24Cl2F2N2OS. The van der Waals surface area contributed by atoms with Gasteiger partial charge in [-0.25, -0.2) is 8.78 Å². The summed E-state index contributed by atoms with van der Waals surface area (Å²) in [5.41, 5.74) is 3.38. The van der Waals surface area contributed by atoms with Crippen molar-refractivity contribution in [1.29, 1.82) is 0 Å². The number of halogens is 4. The van der Waals surface area contributed by atoms with Crippen LogP contribution < -0.4 is 10.5 Å². The zero-order chi connectivity index (χ0) is 27.0. The number of hydrogen-bond acceptors (Lipinski definition) is 3. The molecule has 0 radical (unpaired) electrons. The molecular weight excluding hydrogens is 545 g/mol. The van der Waals surface area contributed by atoms with E-state index in [0.29, 0.717) is 26.5 Å². The summed E-state index contributed by atoms with van der Waals surface area (Å²) in [5, 5.41) is 4.05. The Morgan fingerprint density at radius 1 is 0.895 bits per heavy atom. The summed E-state index contributed by atoms with van der Waals surface area (Å²) >= 11 is 14.5. The van der Waals surface area contributed by atoms with E-state index in [1.54, 1.807) is 12.1 Å². The maximum atomic E-state index is 14.6. The topological polar surface area (TPSA) is 25.2 Å². The van der Waals surface area contributed by atoms with Crippen molar-refractivity contribution in [2.24, 2.45) is 0 Å². The molecule has 5 rings (SSSR count). The minimum atomic E-state index is -0.711. The highest BCUT2D eigenvalue weighted by molar-refractivity contribution is 7.14. The predicted octanol–water partition coefficient (Wildman–Crippen LogP) is 8.88. The lowest BCUT2D eigenvalue weighted by Crippen LogP contribution is -2.23. The van der Waals surface area contributed by atoms with Crippen LogP contribution in [0.15, 0.2) is 76.9 Å². The maximum Gasteiger partial charge on any atom is 0.260 e. The summed E-state index contributed by atoms with van der Waals surface area (Å²) in [6.07, 6.45) is 0. The molecule has 0 bridgehead atoms. The van der Waals surface area contributed by atoms with E-state index in [2.05, 4.69) is 18.7 Å². The molecule has 0 aliphatic carbocycles. The van der Waals surface area contributed by atoms with Gasteiger partial charge in [0.25, 0.3) is 5.56 Å². The van der Waals surface area contributed by atoms with Gasteiger partial charge in [-0.1, -0.05) is 47.5 Å². The maximum absolute atomic E-state index is 14.6. The number of rotatable bonds is 7. The lowest BCUT2D eigenvalue weighted by molar-refractivity contribution is 0.565. The van der Waals surface area contributed by atoms with E-state index < -0.39 is 11.6 Å². The van der Waals surface area contributed by atoms with E-state index in [1.165, 1.54) is 28.0 Å². The van der Waals surface area contributed by atoms with Gasteiger partial charge in [0.05, 0.1) is 38.2 Å². The molecule has 3 aromatic carbocycles. The summed E-state index contributed by atoms with van der Waals surface area (Å²) in [4.78, 5) is 16.7. The summed E-state index contributed by atoms with van der Waals surface area (Å²) in [7, 11) is 0. The van der Waals surface area contributed by atoms with Crippen LogP contribution in [0.5, 0.6) is 0 Å². The van der Waals surface area contributed by atoms with Crippen molar-refractivity contribution in [3.63, 3.8) is 0 Å².